The summed E-state index contributed by atoms with van der Waals surface area (Å²) in [6.45, 7) is 1.43. The highest BCUT2D eigenvalue weighted by molar-refractivity contribution is 6.32. The van der Waals surface area contributed by atoms with Gasteiger partial charge >= 0.3 is 5.97 Å². The first-order valence-corrected chi connectivity index (χ1v) is 6.97. The minimum absolute atomic E-state index is 0.0206. The molecule has 1 aliphatic heterocycles. The molecular formula is C14H14ClNO5. The number of carbonyl (C=O) groups excluding carboxylic acids is 1. The van der Waals surface area contributed by atoms with Crippen LogP contribution in [-0.4, -0.2) is 34.7 Å². The van der Waals surface area contributed by atoms with Gasteiger partial charge in [0.15, 0.2) is 17.5 Å². The van der Waals surface area contributed by atoms with Crippen LogP contribution in [0.4, 0.5) is 0 Å². The molecule has 0 saturated heterocycles. The molecule has 0 spiro atoms. The van der Waals surface area contributed by atoms with Crippen LogP contribution in [0.15, 0.2) is 12.1 Å². The van der Waals surface area contributed by atoms with Gasteiger partial charge in [0.1, 0.15) is 0 Å². The lowest BCUT2D eigenvalue weighted by atomic mass is 10.0. The molecule has 2 aliphatic rings. The number of hydrogen-bond acceptors (Lipinski definition) is 4. The summed E-state index contributed by atoms with van der Waals surface area (Å²) in [7, 11) is 0. The molecule has 1 unspecified atom stereocenters. The van der Waals surface area contributed by atoms with Crippen molar-refractivity contribution >= 4 is 23.5 Å². The highest BCUT2D eigenvalue weighted by atomic mass is 35.5. The van der Waals surface area contributed by atoms with E-state index in [2.05, 4.69) is 0 Å². The van der Waals surface area contributed by atoms with Gasteiger partial charge in [-0.2, -0.15) is 0 Å². The van der Waals surface area contributed by atoms with Crippen molar-refractivity contribution in [2.45, 2.75) is 31.8 Å². The average molecular weight is 312 g/mol. The van der Waals surface area contributed by atoms with Gasteiger partial charge in [0.25, 0.3) is 0 Å². The van der Waals surface area contributed by atoms with E-state index in [0.29, 0.717) is 17.1 Å². The number of hydrogen-bond donors (Lipinski definition) is 1. The fraction of sp³-hybridized carbons (Fsp3) is 0.429. The van der Waals surface area contributed by atoms with Gasteiger partial charge in [-0.3, -0.25) is 4.79 Å². The zero-order valence-corrected chi connectivity index (χ0v) is 12.1. The minimum Gasteiger partial charge on any atom is -0.479 e. The summed E-state index contributed by atoms with van der Waals surface area (Å²) in [5.41, 5.74) is 0.416. The topological polar surface area (TPSA) is 76.1 Å². The van der Waals surface area contributed by atoms with E-state index >= 15 is 0 Å². The predicted octanol–water partition coefficient (Wildman–Crippen LogP) is 2.21. The Morgan fingerprint density at radius 2 is 2.10 bits per heavy atom. The lowest BCUT2D eigenvalue weighted by Gasteiger charge is -2.28. The quantitative estimate of drug-likeness (QED) is 0.922. The van der Waals surface area contributed by atoms with Crippen LogP contribution >= 0.6 is 11.6 Å². The van der Waals surface area contributed by atoms with Crippen molar-refractivity contribution in [3.05, 3.63) is 22.7 Å². The number of carboxylic acid groups (broad SMARTS) is 1. The molecule has 1 saturated carbocycles. The normalized spacial score (nSPS) is 17.4. The number of benzene rings is 1. The standard InChI is InChI=1S/C14H14ClNO5/c1-7(17)16(9-2-3-9)12(14(18)19)8-4-10(15)13-11(5-8)20-6-21-13/h4-5,9,12H,2-3,6H2,1H3,(H,18,19). The van der Waals surface area contributed by atoms with Gasteiger partial charge in [-0.1, -0.05) is 11.6 Å². The largest absolute Gasteiger partial charge is 0.479 e. The summed E-state index contributed by atoms with van der Waals surface area (Å²) in [5.74, 6) is -0.542. The minimum atomic E-state index is -1.09. The highest BCUT2D eigenvalue weighted by Crippen LogP contribution is 2.43. The first kappa shape index (κ1) is 14.0. The Morgan fingerprint density at radius 3 is 2.67 bits per heavy atom. The molecule has 21 heavy (non-hydrogen) atoms. The number of amides is 1. The van der Waals surface area contributed by atoms with Gasteiger partial charge in [-0.25, -0.2) is 4.79 Å². The number of fused-ring (bicyclic) bond motifs is 1. The maximum absolute atomic E-state index is 11.8. The lowest BCUT2D eigenvalue weighted by Crippen LogP contribution is -2.39. The number of halogens is 1. The third kappa shape index (κ3) is 2.51. The molecule has 1 aliphatic carbocycles. The van der Waals surface area contributed by atoms with Gasteiger partial charge in [-0.15, -0.1) is 0 Å². The first-order valence-electron chi connectivity index (χ1n) is 6.59. The molecule has 1 aromatic rings. The van der Waals surface area contributed by atoms with E-state index < -0.39 is 12.0 Å². The first-order chi connectivity index (χ1) is 9.99. The maximum atomic E-state index is 11.8. The molecule has 1 N–H and O–H groups in total. The summed E-state index contributed by atoms with van der Waals surface area (Å²) in [6, 6.07) is 2.01. The Balaban J connectivity index is 2.03. The molecule has 3 rings (SSSR count). The van der Waals surface area contributed by atoms with Crippen molar-refractivity contribution in [3.63, 3.8) is 0 Å². The second kappa shape index (κ2) is 5.11. The summed E-state index contributed by atoms with van der Waals surface area (Å²) in [4.78, 5) is 24.9. The van der Waals surface area contributed by atoms with Crippen molar-refractivity contribution in [1.29, 1.82) is 0 Å². The lowest BCUT2D eigenvalue weighted by molar-refractivity contribution is -0.150. The Labute approximate surface area is 126 Å². The van der Waals surface area contributed by atoms with Crippen LogP contribution in [0.3, 0.4) is 0 Å². The van der Waals surface area contributed by atoms with Crippen molar-refractivity contribution in [1.82, 2.24) is 4.90 Å². The molecule has 0 bridgehead atoms. The third-order valence-electron chi connectivity index (χ3n) is 3.58. The zero-order valence-electron chi connectivity index (χ0n) is 11.3. The fourth-order valence-corrected chi connectivity index (χ4v) is 2.84. The number of rotatable bonds is 4. The zero-order chi connectivity index (χ0) is 15.1. The monoisotopic (exact) mass is 311 g/mol. The Morgan fingerprint density at radius 1 is 1.38 bits per heavy atom. The highest BCUT2D eigenvalue weighted by Gasteiger charge is 2.40. The second-order valence-electron chi connectivity index (χ2n) is 5.13. The molecule has 0 aromatic heterocycles. The third-order valence-corrected chi connectivity index (χ3v) is 3.86. The van der Waals surface area contributed by atoms with Crippen LogP contribution in [0, 0.1) is 0 Å². The number of carbonyl (C=O) groups is 2. The van der Waals surface area contributed by atoms with Crippen molar-refractivity contribution < 1.29 is 24.2 Å². The molecule has 1 fully saturated rings. The number of nitrogens with zero attached hydrogens (tertiary/aromatic N) is 1. The average Bonchev–Trinajstić information content (AvgIpc) is 3.11. The van der Waals surface area contributed by atoms with E-state index in [0.717, 1.165) is 12.8 Å². The molecule has 0 radical (unpaired) electrons. The number of carboxylic acids is 1. The summed E-state index contributed by atoms with van der Waals surface area (Å²) < 4.78 is 10.5. The van der Waals surface area contributed by atoms with E-state index in [1.165, 1.54) is 17.9 Å². The van der Waals surface area contributed by atoms with Crippen molar-refractivity contribution in [2.24, 2.45) is 0 Å². The summed E-state index contributed by atoms with van der Waals surface area (Å²) in [6.07, 6.45) is 1.64. The fourth-order valence-electron chi connectivity index (χ4n) is 2.57. The van der Waals surface area contributed by atoms with Crippen LogP contribution in [0.25, 0.3) is 0 Å². The molecule has 6 nitrogen and oxygen atoms in total. The van der Waals surface area contributed by atoms with Gasteiger partial charge in [0.2, 0.25) is 12.7 Å². The molecule has 1 aromatic carbocycles. The molecular weight excluding hydrogens is 298 g/mol. The summed E-state index contributed by atoms with van der Waals surface area (Å²) in [5, 5.41) is 9.84. The van der Waals surface area contributed by atoms with Gasteiger partial charge in [0, 0.05) is 13.0 Å². The number of ether oxygens (including phenoxy) is 2. The van der Waals surface area contributed by atoms with Gasteiger partial charge in [-0.05, 0) is 30.5 Å². The van der Waals surface area contributed by atoms with Crippen molar-refractivity contribution in [3.8, 4) is 11.5 Å². The Hall–Kier alpha value is -1.95. The number of aliphatic carboxylic acids is 1. The predicted molar refractivity (Wildman–Crippen MR) is 73.5 cm³/mol. The SMILES string of the molecule is CC(=O)N(C1CC1)C(C(=O)O)c1cc(Cl)c2c(c1)OCO2. The maximum Gasteiger partial charge on any atom is 0.331 e. The molecule has 112 valence electrons. The second-order valence-corrected chi connectivity index (χ2v) is 5.54. The van der Waals surface area contributed by atoms with Crippen LogP contribution in [0.1, 0.15) is 31.4 Å². The van der Waals surface area contributed by atoms with E-state index in [1.807, 2.05) is 0 Å². The summed E-state index contributed by atoms with van der Waals surface area (Å²) >= 11 is 6.10. The Bertz CT molecular complexity index is 614. The molecule has 7 heteroatoms. The van der Waals surface area contributed by atoms with E-state index in [9.17, 15) is 14.7 Å². The van der Waals surface area contributed by atoms with Gasteiger partial charge < -0.3 is 19.5 Å². The molecule has 1 atom stereocenters. The van der Waals surface area contributed by atoms with Crippen LogP contribution in [0.2, 0.25) is 5.02 Å². The van der Waals surface area contributed by atoms with E-state index in [4.69, 9.17) is 21.1 Å². The van der Waals surface area contributed by atoms with E-state index in [1.54, 1.807) is 6.07 Å². The molecule has 1 heterocycles. The molecule has 1 amide bonds. The van der Waals surface area contributed by atoms with Crippen LogP contribution in [-0.2, 0) is 9.59 Å². The van der Waals surface area contributed by atoms with Crippen molar-refractivity contribution in [2.75, 3.05) is 6.79 Å². The van der Waals surface area contributed by atoms with Crippen LogP contribution in [0.5, 0.6) is 11.5 Å². The van der Waals surface area contributed by atoms with Crippen LogP contribution < -0.4 is 9.47 Å². The smallest absolute Gasteiger partial charge is 0.331 e. The van der Waals surface area contributed by atoms with E-state index in [-0.39, 0.29) is 23.8 Å². The van der Waals surface area contributed by atoms with Gasteiger partial charge in [0.05, 0.1) is 5.02 Å². The Kier molecular flexibility index (Phi) is 3.41.